The molecule has 0 fully saturated rings. The molecule has 0 aromatic carbocycles. The van der Waals surface area contributed by atoms with Crippen molar-refractivity contribution in [2.24, 2.45) is 5.73 Å². The molecule has 0 saturated heterocycles. The Morgan fingerprint density at radius 2 is 2.44 bits per heavy atom. The molecule has 1 unspecified atom stereocenters. The zero-order chi connectivity index (χ0) is 7.11. The van der Waals surface area contributed by atoms with Gasteiger partial charge in [-0.25, -0.2) is 0 Å². The van der Waals surface area contributed by atoms with Gasteiger partial charge in [-0.15, -0.1) is 6.58 Å². The monoisotopic (exact) mass is 129 g/mol. The molecule has 1 atom stereocenters. The number of ether oxygens (including phenoxy) is 1. The Morgan fingerprint density at radius 1 is 1.78 bits per heavy atom. The van der Waals surface area contributed by atoms with Crippen molar-refractivity contribution >= 4 is 0 Å². The fourth-order valence-electron chi connectivity index (χ4n) is 0.654. The van der Waals surface area contributed by atoms with Crippen LogP contribution >= 0.6 is 0 Å². The Kier molecular flexibility index (Phi) is 5.57. The van der Waals surface area contributed by atoms with Crippen LogP contribution < -0.4 is 5.73 Å². The van der Waals surface area contributed by atoms with Crippen LogP contribution in [0.5, 0.6) is 0 Å². The first kappa shape index (κ1) is 8.66. The van der Waals surface area contributed by atoms with E-state index in [-0.39, 0.29) is 6.10 Å². The maximum atomic E-state index is 5.37. The second-order valence-electron chi connectivity index (χ2n) is 1.84. The van der Waals surface area contributed by atoms with Crippen molar-refractivity contribution < 1.29 is 4.74 Å². The minimum absolute atomic E-state index is 0.174. The van der Waals surface area contributed by atoms with E-state index in [1.54, 1.807) is 0 Å². The lowest BCUT2D eigenvalue weighted by Gasteiger charge is -2.10. The third kappa shape index (κ3) is 4.18. The second-order valence-corrected chi connectivity index (χ2v) is 1.84. The van der Waals surface area contributed by atoms with Gasteiger partial charge in [0.25, 0.3) is 0 Å². The van der Waals surface area contributed by atoms with Crippen molar-refractivity contribution in [1.82, 2.24) is 0 Å². The quantitative estimate of drug-likeness (QED) is 0.560. The molecule has 0 radical (unpaired) electrons. The summed E-state index contributed by atoms with van der Waals surface area (Å²) in [5, 5.41) is 0. The largest absolute Gasteiger partial charge is 0.377 e. The molecule has 0 aliphatic heterocycles. The number of hydrogen-bond donors (Lipinski definition) is 1. The number of nitrogens with two attached hydrogens (primary N) is 1. The lowest BCUT2D eigenvalue weighted by molar-refractivity contribution is 0.0714. The molecule has 0 aliphatic carbocycles. The first-order valence-electron chi connectivity index (χ1n) is 3.27. The summed E-state index contributed by atoms with van der Waals surface area (Å²) in [6, 6.07) is 0. The van der Waals surface area contributed by atoms with Crippen LogP contribution in [0.4, 0.5) is 0 Å². The maximum absolute atomic E-state index is 5.37. The molecule has 0 aliphatic rings. The van der Waals surface area contributed by atoms with E-state index in [9.17, 15) is 0 Å². The topological polar surface area (TPSA) is 35.2 Å². The summed E-state index contributed by atoms with van der Waals surface area (Å²) >= 11 is 0. The van der Waals surface area contributed by atoms with Gasteiger partial charge in [-0.2, -0.15) is 0 Å². The van der Waals surface area contributed by atoms with Crippen LogP contribution in [0.2, 0.25) is 0 Å². The van der Waals surface area contributed by atoms with E-state index in [2.05, 4.69) is 6.58 Å². The zero-order valence-corrected chi connectivity index (χ0v) is 5.97. The Labute approximate surface area is 56.7 Å². The summed E-state index contributed by atoms with van der Waals surface area (Å²) in [7, 11) is 0. The van der Waals surface area contributed by atoms with E-state index in [0.717, 1.165) is 13.0 Å². The minimum Gasteiger partial charge on any atom is -0.377 e. The Hall–Kier alpha value is -0.340. The van der Waals surface area contributed by atoms with Gasteiger partial charge in [0.2, 0.25) is 0 Å². The van der Waals surface area contributed by atoms with Crippen LogP contribution in [-0.4, -0.2) is 19.3 Å². The van der Waals surface area contributed by atoms with E-state index < -0.39 is 0 Å². The van der Waals surface area contributed by atoms with Crippen LogP contribution in [0.25, 0.3) is 0 Å². The summed E-state index contributed by atoms with van der Waals surface area (Å²) in [5.41, 5.74) is 5.37. The molecule has 54 valence electrons. The van der Waals surface area contributed by atoms with Gasteiger partial charge in [0.05, 0.1) is 6.10 Å². The molecule has 0 bridgehead atoms. The molecular weight excluding hydrogens is 114 g/mol. The number of hydrogen-bond acceptors (Lipinski definition) is 2. The van der Waals surface area contributed by atoms with Gasteiger partial charge in [0, 0.05) is 13.2 Å². The van der Waals surface area contributed by atoms with E-state index >= 15 is 0 Å². The van der Waals surface area contributed by atoms with Crippen LogP contribution in [-0.2, 0) is 4.74 Å². The highest BCUT2D eigenvalue weighted by Gasteiger charge is 2.00. The van der Waals surface area contributed by atoms with Gasteiger partial charge in [-0.3, -0.25) is 0 Å². The highest BCUT2D eigenvalue weighted by molar-refractivity contribution is 4.73. The van der Waals surface area contributed by atoms with Crippen LogP contribution in [0.3, 0.4) is 0 Å². The molecule has 0 spiro atoms. The smallest absolute Gasteiger partial charge is 0.0731 e. The maximum Gasteiger partial charge on any atom is 0.0731 e. The summed E-state index contributed by atoms with van der Waals surface area (Å²) < 4.78 is 5.24. The molecule has 0 aromatic rings. The van der Waals surface area contributed by atoms with Crippen molar-refractivity contribution in [2.75, 3.05) is 13.2 Å². The fourth-order valence-corrected chi connectivity index (χ4v) is 0.654. The predicted molar refractivity (Wildman–Crippen MR) is 39.3 cm³/mol. The molecule has 0 amide bonds. The van der Waals surface area contributed by atoms with Crippen LogP contribution in [0.1, 0.15) is 13.3 Å². The van der Waals surface area contributed by atoms with Crippen LogP contribution in [0, 0.1) is 0 Å². The average Bonchev–Trinajstić information content (AvgIpc) is 1.88. The van der Waals surface area contributed by atoms with Crippen molar-refractivity contribution in [1.29, 1.82) is 0 Å². The molecule has 2 nitrogen and oxygen atoms in total. The zero-order valence-electron chi connectivity index (χ0n) is 5.97. The Balaban J connectivity index is 3.28. The van der Waals surface area contributed by atoms with Gasteiger partial charge in [0.1, 0.15) is 0 Å². The molecule has 0 saturated carbocycles. The molecule has 2 heteroatoms. The summed E-state index contributed by atoms with van der Waals surface area (Å²) in [6.07, 6.45) is 2.85. The standard InChI is InChI=1S/C7H15NO/c1-3-5-7(6-8)9-4-2/h3,7H,1,4-6,8H2,2H3. The van der Waals surface area contributed by atoms with Gasteiger partial charge >= 0.3 is 0 Å². The van der Waals surface area contributed by atoms with E-state index in [1.165, 1.54) is 0 Å². The molecule has 2 N–H and O–H groups in total. The highest BCUT2D eigenvalue weighted by atomic mass is 16.5. The summed E-state index contributed by atoms with van der Waals surface area (Å²) in [4.78, 5) is 0. The van der Waals surface area contributed by atoms with E-state index in [0.29, 0.717) is 6.54 Å². The third-order valence-electron chi connectivity index (χ3n) is 1.09. The molecule has 0 rings (SSSR count). The van der Waals surface area contributed by atoms with Crippen molar-refractivity contribution in [3.8, 4) is 0 Å². The molecule has 9 heavy (non-hydrogen) atoms. The minimum atomic E-state index is 0.174. The van der Waals surface area contributed by atoms with E-state index in [4.69, 9.17) is 10.5 Å². The molecule has 0 aromatic heterocycles. The van der Waals surface area contributed by atoms with Gasteiger partial charge in [0.15, 0.2) is 0 Å². The summed E-state index contributed by atoms with van der Waals surface area (Å²) in [5.74, 6) is 0. The fraction of sp³-hybridized carbons (Fsp3) is 0.714. The highest BCUT2D eigenvalue weighted by Crippen LogP contribution is 1.95. The average molecular weight is 129 g/mol. The predicted octanol–water partition coefficient (Wildman–Crippen LogP) is 0.926. The normalized spacial score (nSPS) is 13.1. The Morgan fingerprint density at radius 3 is 2.78 bits per heavy atom. The second kappa shape index (κ2) is 5.79. The van der Waals surface area contributed by atoms with Crippen LogP contribution in [0.15, 0.2) is 12.7 Å². The lowest BCUT2D eigenvalue weighted by atomic mass is 10.2. The Bertz CT molecular complexity index is 73.3. The molecule has 0 heterocycles. The van der Waals surface area contributed by atoms with Crippen molar-refractivity contribution in [2.45, 2.75) is 19.4 Å². The molecular formula is C7H15NO. The SMILES string of the molecule is C=CCC(CN)OCC. The summed E-state index contributed by atoms with van der Waals surface area (Å²) in [6.45, 7) is 6.87. The lowest BCUT2D eigenvalue weighted by Crippen LogP contribution is -2.22. The number of rotatable bonds is 5. The van der Waals surface area contributed by atoms with Gasteiger partial charge < -0.3 is 10.5 Å². The first-order chi connectivity index (χ1) is 4.35. The van der Waals surface area contributed by atoms with Crippen molar-refractivity contribution in [3.05, 3.63) is 12.7 Å². The van der Waals surface area contributed by atoms with Gasteiger partial charge in [-0.1, -0.05) is 6.08 Å². The van der Waals surface area contributed by atoms with E-state index in [1.807, 2.05) is 13.0 Å². The first-order valence-corrected chi connectivity index (χ1v) is 3.27. The third-order valence-corrected chi connectivity index (χ3v) is 1.09. The van der Waals surface area contributed by atoms with Gasteiger partial charge in [-0.05, 0) is 13.3 Å². The van der Waals surface area contributed by atoms with Crippen molar-refractivity contribution in [3.63, 3.8) is 0 Å².